The molecule has 1 aromatic carbocycles. The van der Waals surface area contributed by atoms with Crippen LogP contribution in [0.2, 0.25) is 0 Å². The SMILES string of the molecule is CC(C)CCNc1ccc(S(=O)(=O)N(C)C)cc1N. The number of hydrogen-bond donors (Lipinski definition) is 2. The molecule has 0 radical (unpaired) electrons. The van der Waals surface area contributed by atoms with Gasteiger partial charge in [-0.1, -0.05) is 13.8 Å². The molecular formula is C13H23N3O2S. The van der Waals surface area contributed by atoms with Gasteiger partial charge in [-0.3, -0.25) is 0 Å². The van der Waals surface area contributed by atoms with Gasteiger partial charge in [-0.25, -0.2) is 12.7 Å². The van der Waals surface area contributed by atoms with Crippen LogP contribution in [0.1, 0.15) is 20.3 Å². The first-order chi connectivity index (χ1) is 8.75. The average Bonchev–Trinajstić information content (AvgIpc) is 2.30. The fraction of sp³-hybridized carbons (Fsp3) is 0.538. The summed E-state index contributed by atoms with van der Waals surface area (Å²) in [6, 6.07) is 4.78. The molecule has 19 heavy (non-hydrogen) atoms. The van der Waals surface area contributed by atoms with Gasteiger partial charge in [0.2, 0.25) is 10.0 Å². The molecule has 0 spiro atoms. The Hall–Kier alpha value is -1.27. The zero-order valence-electron chi connectivity index (χ0n) is 12.0. The molecule has 1 aromatic rings. The number of hydrogen-bond acceptors (Lipinski definition) is 4. The van der Waals surface area contributed by atoms with Crippen molar-refractivity contribution in [1.29, 1.82) is 0 Å². The summed E-state index contributed by atoms with van der Waals surface area (Å²) in [7, 11) is -0.424. The first kappa shape index (κ1) is 15.8. The Labute approximate surface area is 115 Å². The van der Waals surface area contributed by atoms with E-state index in [0.717, 1.165) is 18.7 Å². The lowest BCUT2D eigenvalue weighted by atomic mass is 10.1. The van der Waals surface area contributed by atoms with Gasteiger partial charge in [0.15, 0.2) is 0 Å². The predicted molar refractivity (Wildman–Crippen MR) is 79.7 cm³/mol. The average molecular weight is 285 g/mol. The molecule has 0 fully saturated rings. The second-order valence-electron chi connectivity index (χ2n) is 5.15. The molecule has 0 amide bonds. The van der Waals surface area contributed by atoms with Crippen molar-refractivity contribution in [2.24, 2.45) is 5.92 Å². The molecule has 0 aliphatic carbocycles. The highest BCUT2D eigenvalue weighted by Gasteiger charge is 2.17. The highest BCUT2D eigenvalue weighted by atomic mass is 32.2. The van der Waals surface area contributed by atoms with Gasteiger partial charge in [-0.2, -0.15) is 0 Å². The number of nitrogens with one attached hydrogen (secondary N) is 1. The zero-order valence-corrected chi connectivity index (χ0v) is 12.8. The van der Waals surface area contributed by atoms with Crippen LogP contribution >= 0.6 is 0 Å². The maximum absolute atomic E-state index is 11.9. The Morgan fingerprint density at radius 1 is 1.32 bits per heavy atom. The highest BCUT2D eigenvalue weighted by molar-refractivity contribution is 7.89. The third-order valence-electron chi connectivity index (χ3n) is 2.84. The summed E-state index contributed by atoms with van der Waals surface area (Å²) in [5.74, 6) is 0.613. The highest BCUT2D eigenvalue weighted by Crippen LogP contribution is 2.24. The van der Waals surface area contributed by atoms with Gasteiger partial charge >= 0.3 is 0 Å². The molecule has 0 aromatic heterocycles. The first-order valence-corrected chi connectivity index (χ1v) is 7.75. The van der Waals surface area contributed by atoms with Crippen molar-refractivity contribution in [3.8, 4) is 0 Å². The van der Waals surface area contributed by atoms with Gasteiger partial charge in [-0.15, -0.1) is 0 Å². The minimum atomic E-state index is -3.42. The minimum absolute atomic E-state index is 0.212. The molecule has 3 N–H and O–H groups in total. The van der Waals surface area contributed by atoms with Gasteiger partial charge in [0.05, 0.1) is 16.3 Å². The number of anilines is 2. The lowest BCUT2D eigenvalue weighted by molar-refractivity contribution is 0.521. The number of rotatable bonds is 6. The lowest BCUT2D eigenvalue weighted by Crippen LogP contribution is -2.22. The summed E-state index contributed by atoms with van der Waals surface area (Å²) in [5, 5.41) is 3.22. The van der Waals surface area contributed by atoms with Crippen molar-refractivity contribution in [2.75, 3.05) is 31.7 Å². The number of benzene rings is 1. The molecule has 0 aliphatic heterocycles. The molecule has 0 saturated carbocycles. The number of nitrogens with zero attached hydrogens (tertiary/aromatic N) is 1. The normalized spacial score (nSPS) is 12.1. The second kappa shape index (κ2) is 6.25. The van der Waals surface area contributed by atoms with E-state index in [9.17, 15) is 8.42 Å². The van der Waals surface area contributed by atoms with Crippen LogP contribution in [-0.4, -0.2) is 33.4 Å². The van der Waals surface area contributed by atoms with E-state index in [2.05, 4.69) is 19.2 Å². The molecule has 6 heteroatoms. The third-order valence-corrected chi connectivity index (χ3v) is 4.65. The molecule has 0 atom stereocenters. The van der Waals surface area contributed by atoms with Crippen molar-refractivity contribution in [3.63, 3.8) is 0 Å². The van der Waals surface area contributed by atoms with E-state index in [1.807, 2.05) is 0 Å². The molecule has 0 bridgehead atoms. The van der Waals surface area contributed by atoms with Crippen LogP contribution in [0.25, 0.3) is 0 Å². The molecule has 0 heterocycles. The summed E-state index contributed by atoms with van der Waals surface area (Å²) in [4.78, 5) is 0.212. The van der Waals surface area contributed by atoms with Gasteiger partial charge in [0.25, 0.3) is 0 Å². The Bertz CT molecular complexity index is 525. The Morgan fingerprint density at radius 3 is 2.42 bits per heavy atom. The number of sulfonamides is 1. The minimum Gasteiger partial charge on any atom is -0.397 e. The van der Waals surface area contributed by atoms with Gasteiger partial charge in [0.1, 0.15) is 0 Å². The van der Waals surface area contributed by atoms with Crippen molar-refractivity contribution in [3.05, 3.63) is 18.2 Å². The largest absolute Gasteiger partial charge is 0.397 e. The topological polar surface area (TPSA) is 75.4 Å². The molecule has 0 unspecified atom stereocenters. The standard InChI is InChI=1S/C13H23N3O2S/c1-10(2)7-8-15-13-6-5-11(9-12(13)14)19(17,18)16(3)4/h5-6,9-10,15H,7-8,14H2,1-4H3. The Balaban J connectivity index is 2.86. The fourth-order valence-corrected chi connectivity index (χ4v) is 2.51. The molecule has 0 aliphatic rings. The van der Waals surface area contributed by atoms with Crippen LogP contribution in [0.5, 0.6) is 0 Å². The quantitative estimate of drug-likeness (QED) is 0.784. The predicted octanol–water partition coefficient (Wildman–Crippen LogP) is 1.98. The van der Waals surface area contributed by atoms with E-state index >= 15 is 0 Å². The van der Waals surface area contributed by atoms with Crippen LogP contribution in [0, 0.1) is 5.92 Å². The summed E-state index contributed by atoms with van der Waals surface area (Å²) < 4.78 is 25.1. The maximum atomic E-state index is 11.9. The summed E-state index contributed by atoms with van der Waals surface area (Å²) in [5.41, 5.74) is 7.12. The van der Waals surface area contributed by atoms with E-state index in [1.165, 1.54) is 24.5 Å². The smallest absolute Gasteiger partial charge is 0.242 e. The molecule has 0 saturated heterocycles. The second-order valence-corrected chi connectivity index (χ2v) is 7.30. The first-order valence-electron chi connectivity index (χ1n) is 6.31. The zero-order chi connectivity index (χ0) is 14.6. The fourth-order valence-electron chi connectivity index (χ4n) is 1.57. The van der Waals surface area contributed by atoms with E-state index in [1.54, 1.807) is 12.1 Å². The third kappa shape index (κ3) is 4.11. The summed E-state index contributed by atoms with van der Waals surface area (Å²) in [6.07, 6.45) is 1.04. The molecule has 108 valence electrons. The van der Waals surface area contributed by atoms with Crippen LogP contribution in [-0.2, 0) is 10.0 Å². The van der Waals surface area contributed by atoms with E-state index in [4.69, 9.17) is 5.73 Å². The summed E-state index contributed by atoms with van der Waals surface area (Å²) >= 11 is 0. The Morgan fingerprint density at radius 2 is 1.95 bits per heavy atom. The van der Waals surface area contributed by atoms with Crippen LogP contribution in [0.3, 0.4) is 0 Å². The molecule has 1 rings (SSSR count). The summed E-state index contributed by atoms with van der Waals surface area (Å²) in [6.45, 7) is 5.12. The van der Waals surface area contributed by atoms with E-state index in [0.29, 0.717) is 11.6 Å². The van der Waals surface area contributed by atoms with Gasteiger partial charge in [0, 0.05) is 20.6 Å². The number of nitrogens with two attached hydrogens (primary N) is 1. The van der Waals surface area contributed by atoms with Crippen molar-refractivity contribution < 1.29 is 8.42 Å². The van der Waals surface area contributed by atoms with Crippen LogP contribution < -0.4 is 11.1 Å². The maximum Gasteiger partial charge on any atom is 0.242 e. The van der Waals surface area contributed by atoms with Crippen LogP contribution in [0.15, 0.2) is 23.1 Å². The number of nitrogen functional groups attached to an aromatic ring is 1. The molecule has 5 nitrogen and oxygen atoms in total. The van der Waals surface area contributed by atoms with Crippen molar-refractivity contribution >= 4 is 21.4 Å². The van der Waals surface area contributed by atoms with Gasteiger partial charge < -0.3 is 11.1 Å². The molecular weight excluding hydrogens is 262 g/mol. The lowest BCUT2D eigenvalue weighted by Gasteiger charge is -2.14. The van der Waals surface area contributed by atoms with Crippen LogP contribution in [0.4, 0.5) is 11.4 Å². The Kier molecular flexibility index (Phi) is 5.20. The van der Waals surface area contributed by atoms with Crippen molar-refractivity contribution in [1.82, 2.24) is 4.31 Å². The van der Waals surface area contributed by atoms with E-state index in [-0.39, 0.29) is 4.90 Å². The van der Waals surface area contributed by atoms with Gasteiger partial charge in [-0.05, 0) is 30.5 Å². The van der Waals surface area contributed by atoms with Crippen molar-refractivity contribution in [2.45, 2.75) is 25.2 Å². The monoisotopic (exact) mass is 285 g/mol. The van der Waals surface area contributed by atoms with E-state index < -0.39 is 10.0 Å².